The van der Waals surface area contributed by atoms with E-state index in [9.17, 15) is 4.79 Å². The maximum Gasteiger partial charge on any atom is 0.216 e. The van der Waals surface area contributed by atoms with Gasteiger partial charge < -0.3 is 9.64 Å². The number of carbonyl (C=O) groups excluding carboxylic acids is 1. The van der Waals surface area contributed by atoms with Gasteiger partial charge in [-0.3, -0.25) is 9.78 Å². The lowest BCUT2D eigenvalue weighted by atomic mass is 10.1. The van der Waals surface area contributed by atoms with Gasteiger partial charge in [-0.15, -0.1) is 0 Å². The van der Waals surface area contributed by atoms with Crippen molar-refractivity contribution in [2.45, 2.75) is 0 Å². The Labute approximate surface area is 130 Å². The summed E-state index contributed by atoms with van der Waals surface area (Å²) in [5, 5.41) is 0. The van der Waals surface area contributed by atoms with E-state index in [1.54, 1.807) is 24.5 Å². The van der Waals surface area contributed by atoms with Gasteiger partial charge in [0.25, 0.3) is 0 Å². The number of anilines is 1. The van der Waals surface area contributed by atoms with Crippen molar-refractivity contribution >= 4 is 27.5 Å². The van der Waals surface area contributed by atoms with Gasteiger partial charge in [0.15, 0.2) is 11.5 Å². The third-order valence-electron chi connectivity index (χ3n) is 3.17. The topological polar surface area (TPSA) is 68.2 Å². The lowest BCUT2D eigenvalue weighted by molar-refractivity contribution is 0.103. The van der Waals surface area contributed by atoms with Crippen molar-refractivity contribution in [2.24, 2.45) is 0 Å². The Hall–Kier alpha value is -1.86. The monoisotopic (exact) mass is 348 g/mol. The molecule has 3 rings (SSSR count). The Morgan fingerprint density at radius 2 is 2.10 bits per heavy atom. The number of nitrogens with zero attached hydrogens (tertiary/aromatic N) is 4. The third kappa shape index (κ3) is 3.08. The van der Waals surface area contributed by atoms with Gasteiger partial charge in [0, 0.05) is 31.0 Å². The van der Waals surface area contributed by atoms with Crippen LogP contribution in [-0.4, -0.2) is 47.0 Å². The zero-order chi connectivity index (χ0) is 14.7. The number of halogens is 1. The van der Waals surface area contributed by atoms with Crippen molar-refractivity contribution in [1.82, 2.24) is 15.0 Å². The van der Waals surface area contributed by atoms with Crippen LogP contribution in [0.2, 0.25) is 0 Å². The summed E-state index contributed by atoms with van der Waals surface area (Å²) in [6.45, 7) is 2.64. The average molecular weight is 349 g/mol. The number of morpholine rings is 1. The molecule has 2 aromatic heterocycles. The van der Waals surface area contributed by atoms with Crippen molar-refractivity contribution in [3.63, 3.8) is 0 Å². The summed E-state index contributed by atoms with van der Waals surface area (Å²) in [7, 11) is 0. The Balaban J connectivity index is 2.00. The van der Waals surface area contributed by atoms with Crippen LogP contribution in [0.3, 0.4) is 0 Å². The van der Waals surface area contributed by atoms with Crippen LogP contribution in [0.25, 0.3) is 0 Å². The van der Waals surface area contributed by atoms with E-state index in [1.165, 1.54) is 6.20 Å². The van der Waals surface area contributed by atoms with Crippen LogP contribution in [0.1, 0.15) is 16.1 Å². The molecule has 21 heavy (non-hydrogen) atoms. The molecule has 1 fully saturated rings. The van der Waals surface area contributed by atoms with Gasteiger partial charge in [-0.25, -0.2) is 9.97 Å². The fourth-order valence-electron chi connectivity index (χ4n) is 2.15. The molecule has 0 N–H and O–H groups in total. The zero-order valence-corrected chi connectivity index (χ0v) is 12.8. The molecular formula is C14H13BrN4O2. The quantitative estimate of drug-likeness (QED) is 0.786. The molecule has 0 spiro atoms. The van der Waals surface area contributed by atoms with E-state index >= 15 is 0 Å². The van der Waals surface area contributed by atoms with Crippen LogP contribution in [0.4, 0.5) is 5.82 Å². The van der Waals surface area contributed by atoms with Crippen molar-refractivity contribution in [2.75, 3.05) is 31.2 Å². The molecule has 0 saturated carbocycles. The van der Waals surface area contributed by atoms with Gasteiger partial charge >= 0.3 is 0 Å². The first-order valence-electron chi connectivity index (χ1n) is 6.55. The van der Waals surface area contributed by atoms with E-state index in [4.69, 9.17) is 4.74 Å². The average Bonchev–Trinajstić information content (AvgIpc) is 2.56. The summed E-state index contributed by atoms with van der Waals surface area (Å²) in [6.07, 6.45) is 4.77. The normalized spacial score (nSPS) is 15.0. The fraction of sp³-hybridized carbons (Fsp3) is 0.286. The maximum absolute atomic E-state index is 12.6. The van der Waals surface area contributed by atoms with E-state index in [0.717, 1.165) is 0 Å². The van der Waals surface area contributed by atoms with Crippen molar-refractivity contribution in [1.29, 1.82) is 0 Å². The maximum atomic E-state index is 12.6. The second-order valence-electron chi connectivity index (χ2n) is 4.54. The standard InChI is InChI=1S/C14H13BrN4O2/c15-11-9-17-14(19-4-6-21-7-5-19)12(18-11)13(20)10-2-1-3-16-8-10/h1-3,8-9H,4-7H2. The Kier molecular flexibility index (Phi) is 4.21. The lowest BCUT2D eigenvalue weighted by Crippen LogP contribution is -2.38. The molecule has 1 aliphatic rings. The summed E-state index contributed by atoms with van der Waals surface area (Å²) >= 11 is 3.28. The van der Waals surface area contributed by atoms with Gasteiger partial charge in [-0.05, 0) is 28.1 Å². The van der Waals surface area contributed by atoms with Gasteiger partial charge in [-0.1, -0.05) is 0 Å². The number of ketones is 1. The first-order chi connectivity index (χ1) is 10.3. The van der Waals surface area contributed by atoms with Gasteiger partial charge in [0.2, 0.25) is 5.78 Å². The van der Waals surface area contributed by atoms with Crippen LogP contribution < -0.4 is 4.90 Å². The summed E-state index contributed by atoms with van der Waals surface area (Å²) in [4.78, 5) is 27.3. The van der Waals surface area contributed by atoms with Gasteiger partial charge in [0.05, 0.1) is 19.4 Å². The molecule has 0 atom stereocenters. The first-order valence-corrected chi connectivity index (χ1v) is 7.35. The number of hydrogen-bond acceptors (Lipinski definition) is 6. The van der Waals surface area contributed by atoms with E-state index in [2.05, 4.69) is 30.9 Å². The summed E-state index contributed by atoms with van der Waals surface area (Å²) < 4.78 is 5.87. The number of pyridine rings is 1. The molecule has 0 radical (unpaired) electrons. The molecule has 0 amide bonds. The van der Waals surface area contributed by atoms with E-state index in [-0.39, 0.29) is 5.78 Å². The summed E-state index contributed by atoms with van der Waals surface area (Å²) in [5.74, 6) is 0.411. The minimum absolute atomic E-state index is 0.182. The second kappa shape index (κ2) is 6.28. The molecule has 1 saturated heterocycles. The SMILES string of the molecule is O=C(c1cccnc1)c1nc(Br)cnc1N1CCOCC1. The van der Waals surface area contributed by atoms with Crippen molar-refractivity contribution in [3.05, 3.63) is 46.6 Å². The smallest absolute Gasteiger partial charge is 0.216 e. The number of ether oxygens (including phenoxy) is 1. The summed E-state index contributed by atoms with van der Waals surface area (Å²) in [6, 6.07) is 3.45. The fourth-order valence-corrected chi connectivity index (χ4v) is 2.43. The molecule has 0 bridgehead atoms. The largest absolute Gasteiger partial charge is 0.378 e. The Morgan fingerprint density at radius 1 is 1.29 bits per heavy atom. The molecule has 2 aromatic rings. The zero-order valence-electron chi connectivity index (χ0n) is 11.2. The summed E-state index contributed by atoms with van der Waals surface area (Å²) in [5.41, 5.74) is 0.832. The van der Waals surface area contributed by atoms with Crippen molar-refractivity contribution < 1.29 is 9.53 Å². The van der Waals surface area contributed by atoms with E-state index in [1.807, 2.05) is 4.90 Å². The van der Waals surface area contributed by atoms with Crippen LogP contribution in [0.5, 0.6) is 0 Å². The molecule has 3 heterocycles. The molecule has 6 nitrogen and oxygen atoms in total. The van der Waals surface area contributed by atoms with Crippen molar-refractivity contribution in [3.8, 4) is 0 Å². The van der Waals surface area contributed by atoms with Crippen LogP contribution in [0.15, 0.2) is 35.3 Å². The Morgan fingerprint density at radius 3 is 2.81 bits per heavy atom. The predicted molar refractivity (Wildman–Crippen MR) is 80.4 cm³/mol. The molecule has 1 aliphatic heterocycles. The Bertz CT molecular complexity index is 645. The number of hydrogen-bond donors (Lipinski definition) is 0. The third-order valence-corrected chi connectivity index (χ3v) is 3.56. The molecule has 108 valence electrons. The molecule has 0 unspecified atom stereocenters. The highest BCUT2D eigenvalue weighted by atomic mass is 79.9. The minimum atomic E-state index is -0.182. The first kappa shape index (κ1) is 14.1. The lowest BCUT2D eigenvalue weighted by Gasteiger charge is -2.28. The molecular weight excluding hydrogens is 336 g/mol. The number of carbonyl (C=O) groups is 1. The molecule has 0 aliphatic carbocycles. The molecule has 0 aromatic carbocycles. The second-order valence-corrected chi connectivity index (χ2v) is 5.35. The molecule has 7 heteroatoms. The van der Waals surface area contributed by atoms with Gasteiger partial charge in [-0.2, -0.15) is 0 Å². The van der Waals surface area contributed by atoms with Gasteiger partial charge in [0.1, 0.15) is 4.60 Å². The van der Waals surface area contributed by atoms with Crippen LogP contribution in [-0.2, 0) is 4.74 Å². The van der Waals surface area contributed by atoms with E-state index in [0.29, 0.717) is 48.0 Å². The predicted octanol–water partition coefficient (Wildman–Crippen LogP) is 1.70. The van der Waals surface area contributed by atoms with Crippen LogP contribution in [0, 0.1) is 0 Å². The highest BCUT2D eigenvalue weighted by Gasteiger charge is 2.23. The number of aromatic nitrogens is 3. The highest BCUT2D eigenvalue weighted by Crippen LogP contribution is 2.22. The van der Waals surface area contributed by atoms with Crippen LogP contribution >= 0.6 is 15.9 Å². The minimum Gasteiger partial charge on any atom is -0.378 e. The highest BCUT2D eigenvalue weighted by molar-refractivity contribution is 9.10. The van der Waals surface area contributed by atoms with E-state index < -0.39 is 0 Å². The number of rotatable bonds is 3.